The number of para-hydroxylation sites is 1. The van der Waals surface area contributed by atoms with E-state index in [9.17, 15) is 9.59 Å². The first kappa shape index (κ1) is 14.1. The molecule has 0 atom stereocenters. The highest BCUT2D eigenvalue weighted by molar-refractivity contribution is 6.16. The van der Waals surface area contributed by atoms with Crippen molar-refractivity contribution < 1.29 is 14.3 Å². The van der Waals surface area contributed by atoms with Crippen molar-refractivity contribution in [2.75, 3.05) is 23.4 Å². The Morgan fingerprint density at radius 2 is 1.82 bits per heavy atom. The maximum Gasteiger partial charge on any atom is 0.260 e. The molecule has 1 aliphatic rings. The molecule has 0 saturated heterocycles. The zero-order valence-corrected chi connectivity index (χ0v) is 12.2. The highest BCUT2D eigenvalue weighted by Crippen LogP contribution is 2.26. The molecule has 0 unspecified atom stereocenters. The van der Waals surface area contributed by atoms with Crippen molar-refractivity contribution in [1.82, 2.24) is 0 Å². The van der Waals surface area contributed by atoms with Crippen LogP contribution in [-0.4, -0.2) is 25.0 Å². The molecular weight excluding hydrogens is 280 g/mol. The lowest BCUT2D eigenvalue weighted by molar-refractivity contribution is -0.114. The average Bonchev–Trinajstić information content (AvgIpc) is 2.65. The Morgan fingerprint density at radius 1 is 1.09 bits per heavy atom. The number of rotatable bonds is 3. The van der Waals surface area contributed by atoms with Crippen LogP contribution in [0.25, 0.3) is 0 Å². The van der Waals surface area contributed by atoms with Crippen LogP contribution in [0.5, 0.6) is 5.75 Å². The molecule has 1 heterocycles. The first-order valence-electron chi connectivity index (χ1n) is 7.12. The van der Waals surface area contributed by atoms with Crippen LogP contribution in [0.15, 0.2) is 48.5 Å². The van der Waals surface area contributed by atoms with Gasteiger partial charge >= 0.3 is 0 Å². The molecule has 1 aliphatic heterocycles. The lowest BCUT2D eigenvalue weighted by atomic mass is 10.1. The van der Waals surface area contributed by atoms with E-state index in [4.69, 9.17) is 4.74 Å². The Bertz CT molecular complexity index is 710. The molecule has 0 saturated carbocycles. The first-order chi connectivity index (χ1) is 10.7. The number of fused-ring (bicyclic) bond motifs is 1. The molecule has 5 heteroatoms. The molecule has 0 spiro atoms. The van der Waals surface area contributed by atoms with Crippen LogP contribution < -0.4 is 15.0 Å². The van der Waals surface area contributed by atoms with E-state index in [2.05, 4.69) is 5.32 Å². The molecule has 5 nitrogen and oxygen atoms in total. The van der Waals surface area contributed by atoms with Gasteiger partial charge in [0.1, 0.15) is 12.3 Å². The summed E-state index contributed by atoms with van der Waals surface area (Å²) < 4.78 is 5.39. The highest BCUT2D eigenvalue weighted by Gasteiger charge is 2.26. The molecule has 0 aromatic heterocycles. The van der Waals surface area contributed by atoms with E-state index in [1.165, 1.54) is 4.90 Å². The first-order valence-corrected chi connectivity index (χ1v) is 7.12. The number of hydrogen-bond donors (Lipinski definition) is 1. The van der Waals surface area contributed by atoms with Crippen molar-refractivity contribution >= 4 is 23.2 Å². The molecule has 0 radical (unpaired) electrons. The molecule has 3 rings (SSSR count). The topological polar surface area (TPSA) is 58.6 Å². The summed E-state index contributed by atoms with van der Waals surface area (Å²) in [5, 5.41) is 2.76. The van der Waals surface area contributed by atoms with E-state index < -0.39 is 0 Å². The number of carbonyl (C=O) groups excluding carboxylic acids is 2. The van der Waals surface area contributed by atoms with E-state index in [-0.39, 0.29) is 18.4 Å². The monoisotopic (exact) mass is 296 g/mol. The van der Waals surface area contributed by atoms with E-state index >= 15 is 0 Å². The lowest BCUT2D eigenvalue weighted by Gasteiger charge is -2.20. The van der Waals surface area contributed by atoms with Crippen LogP contribution in [0.4, 0.5) is 11.4 Å². The Labute approximate surface area is 128 Å². The lowest BCUT2D eigenvalue weighted by Crippen LogP contribution is -2.34. The van der Waals surface area contributed by atoms with E-state index in [1.807, 2.05) is 6.92 Å². The summed E-state index contributed by atoms with van der Waals surface area (Å²) in [6.45, 7) is 2.48. The van der Waals surface area contributed by atoms with Crippen molar-refractivity contribution in [3.05, 3.63) is 54.1 Å². The van der Waals surface area contributed by atoms with Crippen LogP contribution in [0, 0.1) is 0 Å². The van der Waals surface area contributed by atoms with Crippen molar-refractivity contribution in [3.8, 4) is 5.75 Å². The third-order valence-corrected chi connectivity index (χ3v) is 3.44. The van der Waals surface area contributed by atoms with Crippen LogP contribution >= 0.6 is 0 Å². The summed E-state index contributed by atoms with van der Waals surface area (Å²) in [7, 11) is 0. The summed E-state index contributed by atoms with van der Waals surface area (Å²) in [6.07, 6.45) is 0. The van der Waals surface area contributed by atoms with Crippen molar-refractivity contribution in [2.45, 2.75) is 6.92 Å². The number of benzene rings is 2. The molecule has 112 valence electrons. The van der Waals surface area contributed by atoms with Crippen molar-refractivity contribution in [3.63, 3.8) is 0 Å². The molecule has 2 aromatic carbocycles. The quantitative estimate of drug-likeness (QED) is 0.947. The molecule has 0 aliphatic carbocycles. The van der Waals surface area contributed by atoms with Crippen LogP contribution in [0.1, 0.15) is 17.3 Å². The number of hydrogen-bond acceptors (Lipinski definition) is 3. The fraction of sp³-hybridized carbons (Fsp3) is 0.176. The van der Waals surface area contributed by atoms with E-state index in [1.54, 1.807) is 48.5 Å². The molecule has 2 aromatic rings. The summed E-state index contributed by atoms with van der Waals surface area (Å²) in [6, 6.07) is 14.2. The number of ether oxygens (including phenoxy) is 1. The SMILES string of the molecule is CCOc1ccc(N2CC(=O)Nc3ccccc3C2=O)cc1. The van der Waals surface area contributed by atoms with Crippen molar-refractivity contribution in [1.29, 1.82) is 0 Å². The Balaban J connectivity index is 1.96. The van der Waals surface area contributed by atoms with Gasteiger partial charge in [-0.3, -0.25) is 14.5 Å². The minimum atomic E-state index is -0.216. The molecule has 2 amide bonds. The fourth-order valence-electron chi connectivity index (χ4n) is 2.43. The van der Waals surface area contributed by atoms with Gasteiger partial charge in [0.05, 0.1) is 17.9 Å². The molecule has 0 fully saturated rings. The number of carbonyl (C=O) groups is 2. The van der Waals surface area contributed by atoms with Gasteiger partial charge in [0.25, 0.3) is 5.91 Å². The Kier molecular flexibility index (Phi) is 3.78. The van der Waals surface area contributed by atoms with Gasteiger partial charge in [-0.25, -0.2) is 0 Å². The normalized spacial score (nSPS) is 14.1. The average molecular weight is 296 g/mol. The van der Waals surface area contributed by atoms with E-state index in [0.717, 1.165) is 5.75 Å². The molecule has 22 heavy (non-hydrogen) atoms. The van der Waals surface area contributed by atoms with Gasteiger partial charge in [-0.15, -0.1) is 0 Å². The van der Waals surface area contributed by atoms with Crippen LogP contribution in [-0.2, 0) is 4.79 Å². The van der Waals surface area contributed by atoms with Crippen molar-refractivity contribution in [2.24, 2.45) is 0 Å². The summed E-state index contributed by atoms with van der Waals surface area (Å²) in [4.78, 5) is 26.2. The second kappa shape index (κ2) is 5.89. The molecular formula is C17H16N2O3. The largest absolute Gasteiger partial charge is 0.494 e. The van der Waals surface area contributed by atoms with Gasteiger partial charge < -0.3 is 10.1 Å². The highest BCUT2D eigenvalue weighted by atomic mass is 16.5. The maximum absolute atomic E-state index is 12.7. The van der Waals surface area contributed by atoms with Gasteiger partial charge in [0.2, 0.25) is 5.91 Å². The number of nitrogens with one attached hydrogen (secondary N) is 1. The predicted octanol–water partition coefficient (Wildman–Crippen LogP) is 2.68. The number of anilines is 2. The maximum atomic E-state index is 12.7. The van der Waals surface area contributed by atoms with Gasteiger partial charge in [-0.1, -0.05) is 12.1 Å². The molecule has 0 bridgehead atoms. The minimum Gasteiger partial charge on any atom is -0.494 e. The fourth-order valence-corrected chi connectivity index (χ4v) is 2.43. The molecule has 1 N–H and O–H groups in total. The third-order valence-electron chi connectivity index (χ3n) is 3.44. The predicted molar refractivity (Wildman–Crippen MR) is 84.4 cm³/mol. The zero-order valence-electron chi connectivity index (χ0n) is 12.2. The zero-order chi connectivity index (χ0) is 15.5. The summed E-state index contributed by atoms with van der Waals surface area (Å²) >= 11 is 0. The third kappa shape index (κ3) is 2.65. The van der Waals surface area contributed by atoms with E-state index in [0.29, 0.717) is 23.5 Å². The van der Waals surface area contributed by atoms with Crippen LogP contribution in [0.3, 0.4) is 0 Å². The standard InChI is InChI=1S/C17H16N2O3/c1-2-22-13-9-7-12(8-10-13)19-11-16(20)18-15-6-4-3-5-14(15)17(19)21/h3-10H,2,11H2,1H3,(H,18,20). The minimum absolute atomic E-state index is 0.0124. The summed E-state index contributed by atoms with van der Waals surface area (Å²) in [5.41, 5.74) is 1.70. The summed E-state index contributed by atoms with van der Waals surface area (Å²) in [5.74, 6) is 0.323. The van der Waals surface area contributed by atoms with Crippen LogP contribution in [0.2, 0.25) is 0 Å². The Morgan fingerprint density at radius 3 is 2.55 bits per heavy atom. The number of amides is 2. The van der Waals surface area contributed by atoms with Gasteiger partial charge in [-0.05, 0) is 43.3 Å². The number of nitrogens with zero attached hydrogens (tertiary/aromatic N) is 1. The van der Waals surface area contributed by atoms with Gasteiger partial charge in [0, 0.05) is 5.69 Å². The van der Waals surface area contributed by atoms with Gasteiger partial charge in [0.15, 0.2) is 0 Å². The Hall–Kier alpha value is -2.82. The van der Waals surface area contributed by atoms with Gasteiger partial charge in [-0.2, -0.15) is 0 Å². The smallest absolute Gasteiger partial charge is 0.260 e. The second-order valence-corrected chi connectivity index (χ2v) is 4.91. The second-order valence-electron chi connectivity index (χ2n) is 4.91.